The molecule has 0 saturated heterocycles. The third-order valence-electron chi connectivity index (χ3n) is 3.86. The maximum Gasteiger partial charge on any atom is 0.337 e. The first-order valence-corrected chi connectivity index (χ1v) is 5.95. The van der Waals surface area contributed by atoms with Crippen LogP contribution in [-0.4, -0.2) is 13.1 Å². The summed E-state index contributed by atoms with van der Waals surface area (Å²) in [6.07, 6.45) is 3.37. The van der Waals surface area contributed by atoms with E-state index >= 15 is 0 Å². The van der Waals surface area contributed by atoms with Crippen molar-refractivity contribution >= 4 is 5.97 Å². The van der Waals surface area contributed by atoms with E-state index in [4.69, 9.17) is 4.74 Å². The highest BCUT2D eigenvalue weighted by Gasteiger charge is 2.34. The predicted molar refractivity (Wildman–Crippen MR) is 68.1 cm³/mol. The summed E-state index contributed by atoms with van der Waals surface area (Å²) in [5, 5.41) is 0. The normalized spacial score (nSPS) is 23.8. The SMILES string of the molecule is C=C1CCC[C@]1(C)c1cccc(C(=O)OC)c1. The summed E-state index contributed by atoms with van der Waals surface area (Å²) in [5.41, 5.74) is 3.07. The van der Waals surface area contributed by atoms with Gasteiger partial charge in [-0.1, -0.05) is 31.2 Å². The number of carbonyl (C=O) groups is 1. The Balaban J connectivity index is 2.39. The van der Waals surface area contributed by atoms with Crippen LogP contribution in [0.15, 0.2) is 36.4 Å². The summed E-state index contributed by atoms with van der Waals surface area (Å²) in [4.78, 5) is 11.5. The standard InChI is InChI=1S/C15H18O2/c1-11-6-5-9-15(11,2)13-8-4-7-12(10-13)14(16)17-3/h4,7-8,10H,1,5-6,9H2,2-3H3/t15-/m0/s1. The lowest BCUT2D eigenvalue weighted by Gasteiger charge is -2.26. The van der Waals surface area contributed by atoms with Gasteiger partial charge in [0, 0.05) is 5.41 Å². The zero-order chi connectivity index (χ0) is 12.5. The third kappa shape index (κ3) is 1.99. The van der Waals surface area contributed by atoms with E-state index in [1.54, 1.807) is 6.07 Å². The molecule has 0 heterocycles. The molecule has 2 rings (SSSR count). The van der Waals surface area contributed by atoms with Gasteiger partial charge in [0.2, 0.25) is 0 Å². The Labute approximate surface area is 102 Å². The molecular weight excluding hydrogens is 212 g/mol. The van der Waals surface area contributed by atoms with Crippen LogP contribution in [0.4, 0.5) is 0 Å². The number of hydrogen-bond donors (Lipinski definition) is 0. The van der Waals surface area contributed by atoms with E-state index in [0.717, 1.165) is 12.8 Å². The smallest absolute Gasteiger partial charge is 0.337 e. The maximum absolute atomic E-state index is 11.5. The zero-order valence-electron chi connectivity index (χ0n) is 10.5. The molecule has 1 aliphatic rings. The lowest BCUT2D eigenvalue weighted by molar-refractivity contribution is 0.0600. The topological polar surface area (TPSA) is 26.3 Å². The lowest BCUT2D eigenvalue weighted by Crippen LogP contribution is -2.19. The zero-order valence-corrected chi connectivity index (χ0v) is 10.5. The minimum atomic E-state index is -0.279. The summed E-state index contributed by atoms with van der Waals surface area (Å²) in [6.45, 7) is 6.37. The highest BCUT2D eigenvalue weighted by molar-refractivity contribution is 5.89. The molecule has 0 aromatic heterocycles. The average Bonchev–Trinajstić information content (AvgIpc) is 2.70. The second-order valence-electron chi connectivity index (χ2n) is 4.86. The first-order valence-electron chi connectivity index (χ1n) is 5.95. The number of rotatable bonds is 2. The van der Waals surface area contributed by atoms with Crippen molar-refractivity contribution in [3.63, 3.8) is 0 Å². The van der Waals surface area contributed by atoms with Gasteiger partial charge >= 0.3 is 5.97 Å². The molecule has 2 heteroatoms. The minimum absolute atomic E-state index is 0.0179. The third-order valence-corrected chi connectivity index (χ3v) is 3.86. The van der Waals surface area contributed by atoms with Crippen LogP contribution >= 0.6 is 0 Å². The molecule has 0 bridgehead atoms. The van der Waals surface area contributed by atoms with Crippen molar-refractivity contribution in [2.75, 3.05) is 7.11 Å². The van der Waals surface area contributed by atoms with E-state index in [2.05, 4.69) is 19.6 Å². The van der Waals surface area contributed by atoms with Crippen LogP contribution in [0.1, 0.15) is 42.1 Å². The van der Waals surface area contributed by atoms with E-state index in [1.807, 2.05) is 12.1 Å². The van der Waals surface area contributed by atoms with Gasteiger partial charge in [-0.05, 0) is 37.0 Å². The Morgan fingerprint density at radius 1 is 1.47 bits per heavy atom. The molecule has 17 heavy (non-hydrogen) atoms. The van der Waals surface area contributed by atoms with E-state index in [9.17, 15) is 4.79 Å². The molecule has 1 aromatic carbocycles. The molecule has 0 radical (unpaired) electrons. The first kappa shape index (κ1) is 11.9. The molecule has 90 valence electrons. The fraction of sp³-hybridized carbons (Fsp3) is 0.400. The van der Waals surface area contributed by atoms with Crippen molar-refractivity contribution in [1.82, 2.24) is 0 Å². The summed E-state index contributed by atoms with van der Waals surface area (Å²) in [6, 6.07) is 7.71. The molecule has 1 fully saturated rings. The fourth-order valence-corrected chi connectivity index (χ4v) is 2.56. The molecule has 0 aliphatic heterocycles. The number of hydrogen-bond acceptors (Lipinski definition) is 2. The second kappa shape index (κ2) is 4.36. The number of ether oxygens (including phenoxy) is 1. The van der Waals surface area contributed by atoms with Gasteiger partial charge < -0.3 is 4.74 Å². The van der Waals surface area contributed by atoms with Crippen molar-refractivity contribution < 1.29 is 9.53 Å². The lowest BCUT2D eigenvalue weighted by atomic mass is 9.78. The van der Waals surface area contributed by atoms with E-state index < -0.39 is 0 Å². The fourth-order valence-electron chi connectivity index (χ4n) is 2.56. The van der Waals surface area contributed by atoms with Crippen LogP contribution in [0.2, 0.25) is 0 Å². The van der Waals surface area contributed by atoms with Gasteiger partial charge in [-0.2, -0.15) is 0 Å². The monoisotopic (exact) mass is 230 g/mol. The van der Waals surface area contributed by atoms with Gasteiger partial charge in [0.1, 0.15) is 0 Å². The summed E-state index contributed by atoms with van der Waals surface area (Å²) >= 11 is 0. The van der Waals surface area contributed by atoms with Gasteiger partial charge in [-0.3, -0.25) is 0 Å². The molecule has 1 aliphatic carbocycles. The summed E-state index contributed by atoms with van der Waals surface area (Å²) in [7, 11) is 1.41. The Morgan fingerprint density at radius 2 is 2.24 bits per heavy atom. The Hall–Kier alpha value is -1.57. The minimum Gasteiger partial charge on any atom is -0.465 e. The Kier molecular flexibility index (Phi) is 3.05. The highest BCUT2D eigenvalue weighted by Crippen LogP contribution is 2.44. The molecule has 1 atom stereocenters. The number of methoxy groups -OCH3 is 1. The average molecular weight is 230 g/mol. The van der Waals surface area contributed by atoms with Crippen molar-refractivity contribution in [2.24, 2.45) is 0 Å². The van der Waals surface area contributed by atoms with Crippen LogP contribution in [-0.2, 0) is 10.2 Å². The summed E-state index contributed by atoms with van der Waals surface area (Å²) < 4.78 is 4.75. The number of allylic oxidation sites excluding steroid dienone is 1. The second-order valence-corrected chi connectivity index (χ2v) is 4.86. The molecule has 1 aromatic rings. The van der Waals surface area contributed by atoms with Crippen LogP contribution in [0.25, 0.3) is 0 Å². The van der Waals surface area contributed by atoms with Crippen LogP contribution < -0.4 is 0 Å². The Morgan fingerprint density at radius 3 is 2.82 bits per heavy atom. The van der Waals surface area contributed by atoms with Gasteiger partial charge in [0.15, 0.2) is 0 Å². The predicted octanol–water partition coefficient (Wildman–Crippen LogP) is 3.47. The van der Waals surface area contributed by atoms with E-state index in [1.165, 1.54) is 24.7 Å². The molecule has 2 nitrogen and oxygen atoms in total. The van der Waals surface area contributed by atoms with Crippen molar-refractivity contribution in [3.8, 4) is 0 Å². The molecule has 0 N–H and O–H groups in total. The number of esters is 1. The molecule has 0 unspecified atom stereocenters. The Bertz CT molecular complexity index is 462. The number of carbonyl (C=O) groups excluding carboxylic acids is 1. The quantitative estimate of drug-likeness (QED) is 0.574. The van der Waals surface area contributed by atoms with Crippen LogP contribution in [0.3, 0.4) is 0 Å². The molecule has 1 saturated carbocycles. The number of benzene rings is 1. The molecule has 0 spiro atoms. The van der Waals surface area contributed by atoms with Crippen LogP contribution in [0.5, 0.6) is 0 Å². The van der Waals surface area contributed by atoms with Crippen molar-refractivity contribution in [3.05, 3.63) is 47.5 Å². The molecular formula is C15H18O2. The van der Waals surface area contributed by atoms with E-state index in [0.29, 0.717) is 5.56 Å². The largest absolute Gasteiger partial charge is 0.465 e. The van der Waals surface area contributed by atoms with Crippen molar-refractivity contribution in [1.29, 1.82) is 0 Å². The van der Waals surface area contributed by atoms with Gasteiger partial charge in [0.25, 0.3) is 0 Å². The van der Waals surface area contributed by atoms with Gasteiger partial charge in [0.05, 0.1) is 12.7 Å². The van der Waals surface area contributed by atoms with Gasteiger partial charge in [-0.15, -0.1) is 0 Å². The van der Waals surface area contributed by atoms with Gasteiger partial charge in [-0.25, -0.2) is 4.79 Å². The molecule has 0 amide bonds. The van der Waals surface area contributed by atoms with E-state index in [-0.39, 0.29) is 11.4 Å². The highest BCUT2D eigenvalue weighted by atomic mass is 16.5. The summed E-state index contributed by atoms with van der Waals surface area (Å²) in [5.74, 6) is -0.279. The maximum atomic E-state index is 11.5. The van der Waals surface area contributed by atoms with Crippen molar-refractivity contribution in [2.45, 2.75) is 31.6 Å². The first-order chi connectivity index (χ1) is 8.08. The van der Waals surface area contributed by atoms with Crippen LogP contribution in [0, 0.1) is 0 Å².